The standard InChI is InChI=1S/C14H19N3O3/c1-17(11-4-2-3-5-11)14(20)16-9-10-6-7-12(13(18)19)15-8-10/h6-8,11H,2-5,9H2,1H3,(H,16,20)(H,18,19). The molecular weight excluding hydrogens is 258 g/mol. The Morgan fingerprint density at radius 1 is 1.40 bits per heavy atom. The molecule has 0 aromatic carbocycles. The minimum Gasteiger partial charge on any atom is -0.477 e. The summed E-state index contributed by atoms with van der Waals surface area (Å²) in [6, 6.07) is 3.33. The number of nitrogens with zero attached hydrogens (tertiary/aromatic N) is 2. The first-order valence-electron chi connectivity index (χ1n) is 6.77. The molecule has 2 N–H and O–H groups in total. The van der Waals surface area contributed by atoms with Gasteiger partial charge in [0, 0.05) is 25.8 Å². The van der Waals surface area contributed by atoms with Crippen molar-refractivity contribution < 1.29 is 14.7 Å². The van der Waals surface area contributed by atoms with Crippen LogP contribution in [0.25, 0.3) is 0 Å². The van der Waals surface area contributed by atoms with Crippen LogP contribution in [0.2, 0.25) is 0 Å². The molecule has 1 aromatic heterocycles. The van der Waals surface area contributed by atoms with Crippen molar-refractivity contribution in [3.8, 4) is 0 Å². The van der Waals surface area contributed by atoms with Gasteiger partial charge in [0.1, 0.15) is 5.69 Å². The number of carbonyl (C=O) groups is 2. The molecule has 1 saturated carbocycles. The van der Waals surface area contributed by atoms with Gasteiger partial charge in [0.25, 0.3) is 0 Å². The van der Waals surface area contributed by atoms with Gasteiger partial charge in [0.15, 0.2) is 0 Å². The van der Waals surface area contributed by atoms with Crippen molar-refractivity contribution in [1.82, 2.24) is 15.2 Å². The van der Waals surface area contributed by atoms with Crippen molar-refractivity contribution in [2.45, 2.75) is 38.3 Å². The number of pyridine rings is 1. The Morgan fingerprint density at radius 2 is 2.10 bits per heavy atom. The van der Waals surface area contributed by atoms with Gasteiger partial charge in [-0.15, -0.1) is 0 Å². The molecule has 1 aromatic rings. The van der Waals surface area contributed by atoms with E-state index in [2.05, 4.69) is 10.3 Å². The van der Waals surface area contributed by atoms with E-state index in [9.17, 15) is 9.59 Å². The zero-order valence-corrected chi connectivity index (χ0v) is 11.5. The Kier molecular flexibility index (Phi) is 4.55. The zero-order valence-electron chi connectivity index (χ0n) is 11.5. The van der Waals surface area contributed by atoms with E-state index in [1.54, 1.807) is 11.0 Å². The van der Waals surface area contributed by atoms with E-state index in [0.717, 1.165) is 18.4 Å². The van der Waals surface area contributed by atoms with Gasteiger partial charge in [-0.2, -0.15) is 0 Å². The molecule has 0 spiro atoms. The van der Waals surface area contributed by atoms with Crippen molar-refractivity contribution in [3.63, 3.8) is 0 Å². The summed E-state index contributed by atoms with van der Waals surface area (Å²) in [4.78, 5) is 28.2. The van der Waals surface area contributed by atoms with Crippen molar-refractivity contribution in [2.75, 3.05) is 7.05 Å². The maximum Gasteiger partial charge on any atom is 0.354 e. The average Bonchev–Trinajstić information content (AvgIpc) is 2.98. The van der Waals surface area contributed by atoms with E-state index >= 15 is 0 Å². The number of aromatic carboxylic acids is 1. The second-order valence-electron chi connectivity index (χ2n) is 5.06. The summed E-state index contributed by atoms with van der Waals surface area (Å²) in [5, 5.41) is 11.6. The summed E-state index contributed by atoms with van der Waals surface area (Å²) in [6.07, 6.45) is 5.97. The lowest BCUT2D eigenvalue weighted by Gasteiger charge is -2.24. The number of carbonyl (C=O) groups excluding carboxylic acids is 1. The Balaban J connectivity index is 1.84. The number of carboxylic acid groups (broad SMARTS) is 1. The lowest BCUT2D eigenvalue weighted by Crippen LogP contribution is -2.42. The van der Waals surface area contributed by atoms with Gasteiger partial charge in [-0.05, 0) is 24.5 Å². The molecule has 2 amide bonds. The van der Waals surface area contributed by atoms with E-state index in [1.807, 2.05) is 7.05 Å². The van der Waals surface area contributed by atoms with Gasteiger partial charge in [-0.25, -0.2) is 14.6 Å². The van der Waals surface area contributed by atoms with Crippen molar-refractivity contribution in [1.29, 1.82) is 0 Å². The molecule has 0 saturated heterocycles. The highest BCUT2D eigenvalue weighted by Crippen LogP contribution is 2.22. The molecule has 0 aliphatic heterocycles. The molecule has 6 heteroatoms. The maximum atomic E-state index is 12.0. The van der Waals surface area contributed by atoms with Gasteiger partial charge in [-0.1, -0.05) is 18.9 Å². The second-order valence-corrected chi connectivity index (χ2v) is 5.06. The Hall–Kier alpha value is -2.11. The van der Waals surface area contributed by atoms with Gasteiger partial charge < -0.3 is 15.3 Å². The van der Waals surface area contributed by atoms with E-state index < -0.39 is 5.97 Å². The molecule has 108 valence electrons. The Morgan fingerprint density at radius 3 is 2.65 bits per heavy atom. The number of urea groups is 1. The highest BCUT2D eigenvalue weighted by atomic mass is 16.4. The normalized spacial score (nSPS) is 15.1. The summed E-state index contributed by atoms with van der Waals surface area (Å²) in [5.74, 6) is -1.05. The number of hydrogen-bond donors (Lipinski definition) is 2. The van der Waals surface area contributed by atoms with Gasteiger partial charge >= 0.3 is 12.0 Å². The average molecular weight is 277 g/mol. The monoisotopic (exact) mass is 277 g/mol. The third-order valence-corrected chi connectivity index (χ3v) is 3.68. The third-order valence-electron chi connectivity index (χ3n) is 3.68. The largest absolute Gasteiger partial charge is 0.477 e. The van der Waals surface area contributed by atoms with Crippen LogP contribution in [0.4, 0.5) is 4.79 Å². The lowest BCUT2D eigenvalue weighted by atomic mass is 10.2. The first-order chi connectivity index (χ1) is 9.58. The van der Waals surface area contributed by atoms with Crippen LogP contribution in [0.1, 0.15) is 41.7 Å². The first kappa shape index (κ1) is 14.3. The second kappa shape index (κ2) is 6.36. The molecule has 1 aliphatic carbocycles. The third kappa shape index (κ3) is 3.46. The molecular formula is C14H19N3O3. The summed E-state index contributed by atoms with van der Waals surface area (Å²) in [5.41, 5.74) is 0.784. The van der Waals surface area contributed by atoms with E-state index in [0.29, 0.717) is 12.6 Å². The molecule has 1 aliphatic rings. The number of hydrogen-bond acceptors (Lipinski definition) is 3. The smallest absolute Gasteiger partial charge is 0.354 e. The highest BCUT2D eigenvalue weighted by Gasteiger charge is 2.22. The van der Waals surface area contributed by atoms with Crippen LogP contribution in [-0.4, -0.2) is 40.1 Å². The molecule has 0 radical (unpaired) electrons. The quantitative estimate of drug-likeness (QED) is 0.880. The molecule has 0 bridgehead atoms. The SMILES string of the molecule is CN(C(=O)NCc1ccc(C(=O)O)nc1)C1CCCC1. The number of rotatable bonds is 4. The minimum atomic E-state index is -1.05. The first-order valence-corrected chi connectivity index (χ1v) is 6.77. The van der Waals surface area contributed by atoms with Crippen LogP contribution in [0, 0.1) is 0 Å². The summed E-state index contributed by atoms with van der Waals surface area (Å²) < 4.78 is 0. The maximum absolute atomic E-state index is 12.0. The molecule has 2 rings (SSSR count). The Bertz CT molecular complexity index is 481. The van der Waals surface area contributed by atoms with Crippen molar-refractivity contribution in [3.05, 3.63) is 29.6 Å². The molecule has 0 unspecified atom stereocenters. The van der Waals surface area contributed by atoms with Crippen LogP contribution < -0.4 is 5.32 Å². The summed E-state index contributed by atoms with van der Waals surface area (Å²) in [6.45, 7) is 0.350. The number of nitrogens with one attached hydrogen (secondary N) is 1. The number of amides is 2. The van der Waals surface area contributed by atoms with Gasteiger partial charge in [0.05, 0.1) is 0 Å². The van der Waals surface area contributed by atoms with Crippen LogP contribution >= 0.6 is 0 Å². The molecule has 1 heterocycles. The van der Waals surface area contributed by atoms with E-state index in [-0.39, 0.29) is 11.7 Å². The fourth-order valence-electron chi connectivity index (χ4n) is 2.42. The number of carboxylic acids is 1. The van der Waals surface area contributed by atoms with E-state index in [4.69, 9.17) is 5.11 Å². The minimum absolute atomic E-state index is 0.00292. The molecule has 6 nitrogen and oxygen atoms in total. The molecule has 1 fully saturated rings. The Labute approximate surface area is 117 Å². The number of aromatic nitrogens is 1. The predicted molar refractivity (Wildman–Crippen MR) is 73.5 cm³/mol. The van der Waals surface area contributed by atoms with Crippen LogP contribution in [0.3, 0.4) is 0 Å². The summed E-state index contributed by atoms with van der Waals surface area (Å²) >= 11 is 0. The fraction of sp³-hybridized carbons (Fsp3) is 0.500. The van der Waals surface area contributed by atoms with Gasteiger partial charge in [0.2, 0.25) is 0 Å². The zero-order chi connectivity index (χ0) is 14.5. The highest BCUT2D eigenvalue weighted by molar-refractivity contribution is 5.85. The fourth-order valence-corrected chi connectivity index (χ4v) is 2.42. The van der Waals surface area contributed by atoms with Crippen molar-refractivity contribution in [2.24, 2.45) is 0 Å². The van der Waals surface area contributed by atoms with Crippen molar-refractivity contribution >= 4 is 12.0 Å². The van der Waals surface area contributed by atoms with Crippen LogP contribution in [0.15, 0.2) is 18.3 Å². The topological polar surface area (TPSA) is 82.5 Å². The summed E-state index contributed by atoms with van der Waals surface area (Å²) in [7, 11) is 1.82. The predicted octanol–water partition coefficient (Wildman–Crippen LogP) is 1.86. The van der Waals surface area contributed by atoms with E-state index in [1.165, 1.54) is 25.1 Å². The van der Waals surface area contributed by atoms with Crippen LogP contribution in [-0.2, 0) is 6.54 Å². The molecule has 20 heavy (non-hydrogen) atoms. The lowest BCUT2D eigenvalue weighted by molar-refractivity contribution is 0.0690. The molecule has 0 atom stereocenters. The van der Waals surface area contributed by atoms with Gasteiger partial charge in [-0.3, -0.25) is 0 Å². The van der Waals surface area contributed by atoms with Crippen LogP contribution in [0.5, 0.6) is 0 Å².